The van der Waals surface area contributed by atoms with E-state index in [0.29, 0.717) is 0 Å². The second kappa shape index (κ2) is 8.77. The summed E-state index contributed by atoms with van der Waals surface area (Å²) in [5.74, 6) is -0.0229. The Hall–Kier alpha value is -2.46. The summed E-state index contributed by atoms with van der Waals surface area (Å²) in [6.45, 7) is 6.40. The van der Waals surface area contributed by atoms with Gasteiger partial charge in [-0.25, -0.2) is 0 Å². The number of nitrogens with one attached hydrogen (secondary N) is 1. The number of anilines is 1. The number of aryl methyl sites for hydroxylation is 3. The molecule has 0 aliphatic rings. The molecular weight excluding hydrogens is 388 g/mol. The van der Waals surface area contributed by atoms with Crippen molar-refractivity contribution in [2.45, 2.75) is 27.3 Å². The first-order valence-electron chi connectivity index (χ1n) is 8.45. The lowest BCUT2D eigenvalue weighted by Crippen LogP contribution is -3.00. The van der Waals surface area contributed by atoms with E-state index in [2.05, 4.69) is 42.6 Å². The summed E-state index contributed by atoms with van der Waals surface area (Å²) in [6, 6.07) is 18.4. The predicted octanol–water partition coefficient (Wildman–Crippen LogP) is 1.21. The molecule has 3 aromatic rings. The first kappa shape index (κ1) is 19.9. The van der Waals surface area contributed by atoms with Gasteiger partial charge in [0.05, 0.1) is 0 Å². The highest BCUT2D eigenvalue weighted by Gasteiger charge is 2.13. The van der Waals surface area contributed by atoms with Crippen LogP contribution in [0.15, 0.2) is 67.0 Å². The van der Waals surface area contributed by atoms with E-state index in [0.717, 1.165) is 27.9 Å². The van der Waals surface area contributed by atoms with Gasteiger partial charge in [0.25, 0.3) is 5.91 Å². The normalized spacial score (nSPS) is 10.1. The minimum Gasteiger partial charge on any atom is -1.00 e. The minimum absolute atomic E-state index is 0. The van der Waals surface area contributed by atoms with Crippen LogP contribution in [0.4, 0.5) is 5.69 Å². The highest BCUT2D eigenvalue weighted by atomic mass is 79.9. The van der Waals surface area contributed by atoms with E-state index in [9.17, 15) is 4.79 Å². The van der Waals surface area contributed by atoms with E-state index in [1.165, 1.54) is 5.56 Å². The fraction of sp³-hybridized carbons (Fsp3) is 0.182. The van der Waals surface area contributed by atoms with Gasteiger partial charge in [-0.2, -0.15) is 4.57 Å². The van der Waals surface area contributed by atoms with Gasteiger partial charge in [0.15, 0.2) is 12.4 Å². The minimum atomic E-state index is -0.0229. The van der Waals surface area contributed by atoms with Crippen molar-refractivity contribution < 1.29 is 26.3 Å². The summed E-state index contributed by atoms with van der Waals surface area (Å²) in [7, 11) is 0. The van der Waals surface area contributed by atoms with E-state index >= 15 is 0 Å². The molecular formula is C22H23BrN2O. The molecule has 1 amide bonds. The number of carbonyl (C=O) groups is 1. The van der Waals surface area contributed by atoms with Crippen molar-refractivity contribution in [2.24, 2.45) is 0 Å². The van der Waals surface area contributed by atoms with Crippen LogP contribution in [0.3, 0.4) is 0 Å². The lowest BCUT2D eigenvalue weighted by Gasteiger charge is -2.12. The fourth-order valence-electron chi connectivity index (χ4n) is 3.14. The van der Waals surface area contributed by atoms with Gasteiger partial charge in [-0.15, -0.1) is 0 Å². The van der Waals surface area contributed by atoms with Crippen molar-refractivity contribution in [3.8, 4) is 11.1 Å². The van der Waals surface area contributed by atoms with E-state index in [4.69, 9.17) is 0 Å². The van der Waals surface area contributed by atoms with Crippen LogP contribution in [0.1, 0.15) is 16.7 Å². The maximum absolute atomic E-state index is 12.5. The summed E-state index contributed by atoms with van der Waals surface area (Å²) in [6.07, 6.45) is 3.92. The number of amides is 1. The maximum atomic E-state index is 12.5. The Labute approximate surface area is 165 Å². The molecule has 1 N–H and O–H groups in total. The molecule has 0 atom stereocenters. The number of halogens is 1. The third kappa shape index (κ3) is 4.79. The summed E-state index contributed by atoms with van der Waals surface area (Å²) in [5, 5.41) is 3.05. The van der Waals surface area contributed by atoms with Crippen LogP contribution >= 0.6 is 0 Å². The lowest BCUT2D eigenvalue weighted by molar-refractivity contribution is -0.683. The van der Waals surface area contributed by atoms with Gasteiger partial charge < -0.3 is 22.3 Å². The Morgan fingerprint density at radius 2 is 1.54 bits per heavy atom. The topological polar surface area (TPSA) is 33.0 Å². The Balaban J connectivity index is 0.00000243. The molecule has 3 rings (SSSR count). The van der Waals surface area contributed by atoms with Gasteiger partial charge in [-0.3, -0.25) is 4.79 Å². The molecule has 2 aromatic carbocycles. The quantitative estimate of drug-likeness (QED) is 0.644. The smallest absolute Gasteiger partial charge is 0.290 e. The summed E-state index contributed by atoms with van der Waals surface area (Å²) in [5.41, 5.74) is 6.54. The number of rotatable bonds is 4. The molecule has 0 unspecified atom stereocenters. The number of hydrogen-bond donors (Lipinski definition) is 1. The third-order valence-electron chi connectivity index (χ3n) is 4.23. The van der Waals surface area contributed by atoms with Gasteiger partial charge >= 0.3 is 0 Å². The molecule has 0 aliphatic heterocycles. The summed E-state index contributed by atoms with van der Waals surface area (Å²) < 4.78 is 1.91. The Morgan fingerprint density at radius 3 is 2.19 bits per heavy atom. The van der Waals surface area contributed by atoms with Crippen LogP contribution in [0.25, 0.3) is 11.1 Å². The summed E-state index contributed by atoms with van der Waals surface area (Å²) >= 11 is 0. The molecule has 4 heteroatoms. The van der Waals surface area contributed by atoms with Crippen LogP contribution < -0.4 is 26.9 Å². The average Bonchev–Trinajstić information content (AvgIpc) is 2.59. The van der Waals surface area contributed by atoms with Gasteiger partial charge in [0, 0.05) is 17.3 Å². The molecule has 0 radical (unpaired) electrons. The highest BCUT2D eigenvalue weighted by molar-refractivity contribution is 5.91. The molecule has 0 bridgehead atoms. The zero-order valence-electron chi connectivity index (χ0n) is 15.3. The zero-order chi connectivity index (χ0) is 17.8. The average molecular weight is 411 g/mol. The molecule has 0 saturated heterocycles. The van der Waals surface area contributed by atoms with Crippen molar-refractivity contribution in [1.82, 2.24) is 0 Å². The lowest BCUT2D eigenvalue weighted by atomic mass is 10.1. The molecule has 0 saturated carbocycles. The predicted molar refractivity (Wildman–Crippen MR) is 101 cm³/mol. The Bertz CT molecular complexity index is 884. The van der Waals surface area contributed by atoms with Crippen molar-refractivity contribution in [2.75, 3.05) is 5.32 Å². The summed E-state index contributed by atoms with van der Waals surface area (Å²) in [4.78, 5) is 12.5. The largest absolute Gasteiger partial charge is 1.00 e. The second-order valence-corrected chi connectivity index (χ2v) is 6.45. The van der Waals surface area contributed by atoms with E-state index in [-0.39, 0.29) is 29.4 Å². The number of benzene rings is 2. The van der Waals surface area contributed by atoms with Crippen LogP contribution in [-0.2, 0) is 11.3 Å². The molecule has 0 aliphatic carbocycles. The van der Waals surface area contributed by atoms with Gasteiger partial charge in [-0.1, -0.05) is 48.0 Å². The first-order valence-corrected chi connectivity index (χ1v) is 8.45. The number of hydrogen-bond acceptors (Lipinski definition) is 1. The van der Waals surface area contributed by atoms with Crippen molar-refractivity contribution in [3.63, 3.8) is 0 Å². The SMILES string of the molecule is Cc1cc(C)c(NC(=O)C[n+]2cccc(-c3ccccc3)c2)c(C)c1.[Br-]. The number of pyridine rings is 1. The van der Waals surface area contributed by atoms with Crippen molar-refractivity contribution in [1.29, 1.82) is 0 Å². The second-order valence-electron chi connectivity index (χ2n) is 6.45. The van der Waals surface area contributed by atoms with E-state index < -0.39 is 0 Å². The number of aromatic nitrogens is 1. The number of carbonyl (C=O) groups excluding carboxylic acids is 1. The van der Waals surface area contributed by atoms with Gasteiger partial charge in [-0.05, 0) is 43.5 Å². The van der Waals surface area contributed by atoms with Gasteiger partial charge in [0.1, 0.15) is 0 Å². The molecule has 3 nitrogen and oxygen atoms in total. The monoisotopic (exact) mass is 410 g/mol. The molecule has 26 heavy (non-hydrogen) atoms. The Morgan fingerprint density at radius 1 is 0.923 bits per heavy atom. The van der Waals surface area contributed by atoms with Crippen LogP contribution in [0.2, 0.25) is 0 Å². The third-order valence-corrected chi connectivity index (χ3v) is 4.23. The molecule has 1 heterocycles. The van der Waals surface area contributed by atoms with Crippen LogP contribution in [0.5, 0.6) is 0 Å². The van der Waals surface area contributed by atoms with Crippen molar-refractivity contribution in [3.05, 3.63) is 83.7 Å². The molecule has 0 spiro atoms. The number of nitrogens with zero attached hydrogens (tertiary/aromatic N) is 1. The zero-order valence-corrected chi connectivity index (χ0v) is 16.9. The first-order chi connectivity index (χ1) is 12.0. The van der Waals surface area contributed by atoms with Crippen LogP contribution in [-0.4, -0.2) is 5.91 Å². The maximum Gasteiger partial charge on any atom is 0.290 e. The van der Waals surface area contributed by atoms with E-state index in [1.54, 1.807) is 0 Å². The van der Waals surface area contributed by atoms with Gasteiger partial charge in [0.2, 0.25) is 6.54 Å². The van der Waals surface area contributed by atoms with Crippen LogP contribution in [0, 0.1) is 20.8 Å². The molecule has 1 aromatic heterocycles. The molecule has 134 valence electrons. The Kier molecular flexibility index (Phi) is 6.70. The highest BCUT2D eigenvalue weighted by Crippen LogP contribution is 2.21. The molecule has 0 fully saturated rings. The van der Waals surface area contributed by atoms with Crippen molar-refractivity contribution >= 4 is 11.6 Å². The van der Waals surface area contributed by atoms with E-state index in [1.807, 2.05) is 55.1 Å². The standard InChI is InChI=1S/C22H22N2O.BrH/c1-16-12-17(2)22(18(3)13-16)23-21(25)15-24-11-7-10-20(14-24)19-8-5-4-6-9-19;/h4-14H,15H2,1-3H3;1H. The fourth-order valence-corrected chi connectivity index (χ4v) is 3.14.